The maximum absolute atomic E-state index is 12.7. The lowest BCUT2D eigenvalue weighted by Gasteiger charge is -2.22. The van der Waals surface area contributed by atoms with E-state index in [9.17, 15) is 4.79 Å². The Morgan fingerprint density at radius 1 is 1.15 bits per heavy atom. The normalized spacial score (nSPS) is 11.8. The molecule has 1 amide bonds. The van der Waals surface area contributed by atoms with Gasteiger partial charge >= 0.3 is 0 Å². The minimum absolute atomic E-state index is 0.128. The van der Waals surface area contributed by atoms with Crippen molar-refractivity contribution in [3.05, 3.63) is 66.1 Å². The third-order valence-electron chi connectivity index (χ3n) is 4.19. The summed E-state index contributed by atoms with van der Waals surface area (Å²) in [6, 6.07) is 17.2. The van der Waals surface area contributed by atoms with E-state index < -0.39 is 6.10 Å². The first-order valence-corrected chi connectivity index (χ1v) is 8.93. The summed E-state index contributed by atoms with van der Waals surface area (Å²) in [6.45, 7) is 4.17. The number of likely N-dealkylation sites (N-methyl/N-ethyl adjacent to an activating group) is 1. The van der Waals surface area contributed by atoms with Crippen LogP contribution in [0.5, 0.6) is 5.75 Å². The summed E-state index contributed by atoms with van der Waals surface area (Å²) in [6.07, 6.45) is 0.00755. The number of aromatic nitrogens is 2. The molecule has 0 saturated carbocycles. The van der Waals surface area contributed by atoms with E-state index >= 15 is 0 Å². The van der Waals surface area contributed by atoms with Crippen molar-refractivity contribution in [2.75, 3.05) is 7.05 Å². The number of aryl methyl sites for hydroxylation is 1. The third kappa shape index (κ3) is 4.73. The van der Waals surface area contributed by atoms with Crippen LogP contribution in [0.4, 0.5) is 0 Å². The number of hydrogen-bond acceptors (Lipinski definition) is 5. The van der Waals surface area contributed by atoms with Crippen LogP contribution in [0.2, 0.25) is 0 Å². The van der Waals surface area contributed by atoms with Crippen molar-refractivity contribution in [2.45, 2.75) is 32.9 Å². The second-order valence-electron chi connectivity index (χ2n) is 6.40. The monoisotopic (exact) mass is 365 g/mol. The highest BCUT2D eigenvalue weighted by Crippen LogP contribution is 2.18. The molecule has 3 aromatic rings. The van der Waals surface area contributed by atoms with Crippen molar-refractivity contribution in [2.24, 2.45) is 0 Å². The van der Waals surface area contributed by atoms with Gasteiger partial charge in [0.05, 0.1) is 6.54 Å². The fourth-order valence-corrected chi connectivity index (χ4v) is 2.64. The Bertz CT molecular complexity index is 875. The number of benzene rings is 2. The molecule has 0 aliphatic rings. The molecule has 3 rings (SSSR count). The summed E-state index contributed by atoms with van der Waals surface area (Å²) >= 11 is 0. The summed E-state index contributed by atoms with van der Waals surface area (Å²) in [5, 5.41) is 4.01. The SMILES string of the molecule is CC[C@@H](Oc1ccccc1)C(=O)N(C)Cc1nc(-c2ccc(C)cc2)no1. The smallest absolute Gasteiger partial charge is 0.263 e. The number of amides is 1. The van der Waals surface area contributed by atoms with Gasteiger partial charge in [0.25, 0.3) is 5.91 Å². The van der Waals surface area contributed by atoms with Crippen molar-refractivity contribution in [3.63, 3.8) is 0 Å². The number of rotatable bonds is 7. The molecule has 6 nitrogen and oxygen atoms in total. The summed E-state index contributed by atoms with van der Waals surface area (Å²) < 4.78 is 11.1. The first-order valence-electron chi connectivity index (χ1n) is 8.93. The van der Waals surface area contributed by atoms with Crippen LogP contribution < -0.4 is 4.74 Å². The molecular weight excluding hydrogens is 342 g/mol. The fraction of sp³-hybridized carbons (Fsp3) is 0.286. The molecule has 1 atom stereocenters. The Kier molecular flexibility index (Phi) is 5.86. The minimum atomic E-state index is -0.558. The van der Waals surface area contributed by atoms with Gasteiger partial charge in [-0.05, 0) is 25.5 Å². The Balaban J connectivity index is 1.64. The summed E-state index contributed by atoms with van der Waals surface area (Å²) in [7, 11) is 1.70. The average Bonchev–Trinajstić information content (AvgIpc) is 3.15. The highest BCUT2D eigenvalue weighted by molar-refractivity contribution is 5.80. The molecule has 0 radical (unpaired) electrons. The average molecular weight is 365 g/mol. The molecule has 0 bridgehead atoms. The van der Waals surface area contributed by atoms with Crippen LogP contribution in [0, 0.1) is 6.92 Å². The zero-order chi connectivity index (χ0) is 19.2. The van der Waals surface area contributed by atoms with Gasteiger partial charge in [-0.1, -0.05) is 60.1 Å². The third-order valence-corrected chi connectivity index (χ3v) is 4.19. The number of carbonyl (C=O) groups excluding carboxylic acids is 1. The number of hydrogen-bond donors (Lipinski definition) is 0. The lowest BCUT2D eigenvalue weighted by Crippen LogP contribution is -2.39. The molecule has 0 spiro atoms. The van der Waals surface area contributed by atoms with E-state index in [1.54, 1.807) is 11.9 Å². The van der Waals surface area contributed by atoms with Gasteiger partial charge in [0.1, 0.15) is 5.75 Å². The standard InChI is InChI=1S/C21H23N3O3/c1-4-18(26-17-8-6-5-7-9-17)21(25)24(3)14-19-22-20(23-27-19)16-12-10-15(2)11-13-16/h5-13,18H,4,14H2,1-3H3/t18-/m1/s1. The van der Waals surface area contributed by atoms with E-state index in [1.807, 2.05) is 68.4 Å². The Morgan fingerprint density at radius 2 is 1.85 bits per heavy atom. The molecule has 1 aromatic heterocycles. The van der Waals surface area contributed by atoms with Gasteiger partial charge in [-0.3, -0.25) is 4.79 Å². The largest absolute Gasteiger partial charge is 0.481 e. The van der Waals surface area contributed by atoms with Crippen LogP contribution in [-0.2, 0) is 11.3 Å². The Hall–Kier alpha value is -3.15. The molecule has 0 fully saturated rings. The molecule has 2 aromatic carbocycles. The molecule has 0 saturated heterocycles. The number of ether oxygens (including phenoxy) is 1. The predicted octanol–water partition coefficient (Wildman–Crippen LogP) is 3.86. The summed E-state index contributed by atoms with van der Waals surface area (Å²) in [5.74, 6) is 1.44. The fourth-order valence-electron chi connectivity index (χ4n) is 2.64. The van der Waals surface area contributed by atoms with Crippen LogP contribution in [-0.4, -0.2) is 34.1 Å². The molecule has 0 aliphatic heterocycles. The maximum atomic E-state index is 12.7. The first-order chi connectivity index (χ1) is 13.1. The Morgan fingerprint density at radius 3 is 2.52 bits per heavy atom. The van der Waals surface area contributed by atoms with Crippen LogP contribution >= 0.6 is 0 Å². The summed E-state index contributed by atoms with van der Waals surface area (Å²) in [4.78, 5) is 18.6. The summed E-state index contributed by atoms with van der Waals surface area (Å²) in [5.41, 5.74) is 2.04. The lowest BCUT2D eigenvalue weighted by molar-refractivity contribution is -0.138. The molecule has 140 valence electrons. The van der Waals surface area contributed by atoms with E-state index in [0.29, 0.717) is 23.9 Å². The lowest BCUT2D eigenvalue weighted by atomic mass is 10.1. The zero-order valence-corrected chi connectivity index (χ0v) is 15.8. The number of nitrogens with zero attached hydrogens (tertiary/aromatic N) is 3. The molecule has 1 heterocycles. The quantitative estimate of drug-likeness (QED) is 0.636. The molecule has 0 unspecified atom stereocenters. The minimum Gasteiger partial charge on any atom is -0.481 e. The van der Waals surface area contributed by atoms with E-state index in [2.05, 4.69) is 10.1 Å². The first kappa shape index (κ1) is 18.6. The zero-order valence-electron chi connectivity index (χ0n) is 15.8. The molecule has 27 heavy (non-hydrogen) atoms. The maximum Gasteiger partial charge on any atom is 0.263 e. The van der Waals surface area contributed by atoms with Gasteiger partial charge in [0, 0.05) is 12.6 Å². The molecular formula is C21H23N3O3. The van der Waals surface area contributed by atoms with Crippen molar-refractivity contribution in [1.82, 2.24) is 15.0 Å². The van der Waals surface area contributed by atoms with Gasteiger partial charge in [-0.15, -0.1) is 0 Å². The van der Waals surface area contributed by atoms with E-state index in [4.69, 9.17) is 9.26 Å². The van der Waals surface area contributed by atoms with Crippen LogP contribution in [0.15, 0.2) is 59.1 Å². The van der Waals surface area contributed by atoms with Crippen molar-refractivity contribution in [1.29, 1.82) is 0 Å². The van der Waals surface area contributed by atoms with Gasteiger partial charge in [0.2, 0.25) is 11.7 Å². The van der Waals surface area contributed by atoms with Crippen LogP contribution in [0.25, 0.3) is 11.4 Å². The molecule has 0 aliphatic carbocycles. The second-order valence-corrected chi connectivity index (χ2v) is 6.40. The highest BCUT2D eigenvalue weighted by atomic mass is 16.5. The predicted molar refractivity (Wildman–Crippen MR) is 102 cm³/mol. The van der Waals surface area contributed by atoms with E-state index in [0.717, 1.165) is 11.1 Å². The van der Waals surface area contributed by atoms with Gasteiger partial charge < -0.3 is 14.2 Å². The second kappa shape index (κ2) is 8.49. The topological polar surface area (TPSA) is 68.5 Å². The van der Waals surface area contributed by atoms with Crippen molar-refractivity contribution < 1.29 is 14.1 Å². The van der Waals surface area contributed by atoms with Gasteiger partial charge in [-0.2, -0.15) is 4.98 Å². The van der Waals surface area contributed by atoms with E-state index in [1.165, 1.54) is 0 Å². The van der Waals surface area contributed by atoms with Crippen molar-refractivity contribution in [3.8, 4) is 17.1 Å². The van der Waals surface area contributed by atoms with Crippen LogP contribution in [0.3, 0.4) is 0 Å². The number of carbonyl (C=O) groups is 1. The number of para-hydroxylation sites is 1. The highest BCUT2D eigenvalue weighted by Gasteiger charge is 2.24. The molecule has 0 N–H and O–H groups in total. The van der Waals surface area contributed by atoms with Crippen LogP contribution in [0.1, 0.15) is 24.8 Å². The van der Waals surface area contributed by atoms with Gasteiger partial charge in [0.15, 0.2) is 6.10 Å². The molecule has 6 heteroatoms. The van der Waals surface area contributed by atoms with Gasteiger partial charge in [-0.25, -0.2) is 0 Å². The Labute approximate surface area is 158 Å². The van der Waals surface area contributed by atoms with E-state index in [-0.39, 0.29) is 12.5 Å². The van der Waals surface area contributed by atoms with Crippen molar-refractivity contribution >= 4 is 5.91 Å².